The number of halogens is 1. The normalized spacial score (nSPS) is 17.1. The number of rotatable bonds is 4. The molecule has 18 heavy (non-hydrogen) atoms. The Morgan fingerprint density at radius 3 is 2.89 bits per heavy atom. The Kier molecular flexibility index (Phi) is 4.60. The van der Waals surface area contributed by atoms with Gasteiger partial charge in [-0.1, -0.05) is 5.16 Å². The SMILES string of the molecule is Cc1oncc1C(=O)N1CCC(OCCCl)CC1. The number of carbonyl (C=O) groups is 1. The van der Waals surface area contributed by atoms with Gasteiger partial charge < -0.3 is 14.2 Å². The van der Waals surface area contributed by atoms with Crippen molar-refractivity contribution >= 4 is 17.5 Å². The van der Waals surface area contributed by atoms with Crippen LogP contribution in [-0.4, -0.2) is 47.6 Å². The highest BCUT2D eigenvalue weighted by Gasteiger charge is 2.25. The molecule has 2 heterocycles. The fraction of sp³-hybridized carbons (Fsp3) is 0.667. The Labute approximate surface area is 111 Å². The largest absolute Gasteiger partial charge is 0.377 e. The lowest BCUT2D eigenvalue weighted by atomic mass is 10.1. The maximum Gasteiger partial charge on any atom is 0.259 e. The summed E-state index contributed by atoms with van der Waals surface area (Å²) in [6.45, 7) is 3.73. The zero-order chi connectivity index (χ0) is 13.0. The van der Waals surface area contributed by atoms with E-state index in [1.165, 1.54) is 6.20 Å². The van der Waals surface area contributed by atoms with Gasteiger partial charge in [-0.25, -0.2) is 0 Å². The van der Waals surface area contributed by atoms with E-state index in [9.17, 15) is 4.79 Å². The summed E-state index contributed by atoms with van der Waals surface area (Å²) in [7, 11) is 0. The topological polar surface area (TPSA) is 55.6 Å². The number of ether oxygens (including phenoxy) is 1. The first-order chi connectivity index (χ1) is 8.72. The molecule has 1 fully saturated rings. The molecule has 1 aliphatic rings. The van der Waals surface area contributed by atoms with E-state index < -0.39 is 0 Å². The predicted octanol–water partition coefficient (Wildman–Crippen LogP) is 1.84. The van der Waals surface area contributed by atoms with Crippen molar-refractivity contribution in [3.05, 3.63) is 17.5 Å². The molecule has 0 unspecified atom stereocenters. The van der Waals surface area contributed by atoms with Gasteiger partial charge in [-0.05, 0) is 19.8 Å². The summed E-state index contributed by atoms with van der Waals surface area (Å²) in [6.07, 6.45) is 3.41. The third kappa shape index (κ3) is 3.03. The van der Waals surface area contributed by atoms with Crippen molar-refractivity contribution in [1.29, 1.82) is 0 Å². The molecule has 1 saturated heterocycles. The van der Waals surface area contributed by atoms with Crippen LogP contribution in [0.15, 0.2) is 10.7 Å². The zero-order valence-corrected chi connectivity index (χ0v) is 11.2. The third-order valence-corrected chi connectivity index (χ3v) is 3.30. The first-order valence-corrected chi connectivity index (χ1v) is 6.64. The maximum atomic E-state index is 12.2. The second-order valence-corrected chi connectivity index (χ2v) is 4.72. The second-order valence-electron chi connectivity index (χ2n) is 4.35. The quantitative estimate of drug-likeness (QED) is 0.785. The van der Waals surface area contributed by atoms with Crippen LogP contribution in [0.5, 0.6) is 0 Å². The molecular formula is C12H17ClN2O3. The summed E-state index contributed by atoms with van der Waals surface area (Å²) in [6, 6.07) is 0. The summed E-state index contributed by atoms with van der Waals surface area (Å²) >= 11 is 5.58. The number of aromatic nitrogens is 1. The van der Waals surface area contributed by atoms with Crippen molar-refractivity contribution in [3.8, 4) is 0 Å². The monoisotopic (exact) mass is 272 g/mol. The fourth-order valence-corrected chi connectivity index (χ4v) is 2.20. The molecule has 5 nitrogen and oxygen atoms in total. The Hall–Kier alpha value is -1.07. The molecule has 0 radical (unpaired) electrons. The molecule has 1 amide bonds. The first kappa shape index (κ1) is 13.4. The summed E-state index contributed by atoms with van der Waals surface area (Å²) < 4.78 is 10.5. The highest BCUT2D eigenvalue weighted by molar-refractivity contribution is 6.17. The average molecular weight is 273 g/mol. The smallest absolute Gasteiger partial charge is 0.259 e. The fourth-order valence-electron chi connectivity index (χ4n) is 2.11. The Morgan fingerprint density at radius 2 is 2.33 bits per heavy atom. The highest BCUT2D eigenvalue weighted by atomic mass is 35.5. The van der Waals surface area contributed by atoms with Crippen molar-refractivity contribution < 1.29 is 14.1 Å². The molecule has 100 valence electrons. The standard InChI is InChI=1S/C12H17ClN2O3/c1-9-11(8-14-18-9)12(16)15-5-2-10(3-6-15)17-7-4-13/h8,10H,2-7H2,1H3. The molecule has 1 aliphatic heterocycles. The number of aryl methyl sites for hydroxylation is 1. The van der Waals surface area contributed by atoms with E-state index in [0.717, 1.165) is 12.8 Å². The van der Waals surface area contributed by atoms with E-state index in [1.807, 2.05) is 4.90 Å². The van der Waals surface area contributed by atoms with E-state index in [-0.39, 0.29) is 12.0 Å². The van der Waals surface area contributed by atoms with Crippen molar-refractivity contribution in [2.45, 2.75) is 25.9 Å². The van der Waals surface area contributed by atoms with Gasteiger partial charge in [-0.2, -0.15) is 0 Å². The van der Waals surface area contributed by atoms with Crippen molar-refractivity contribution in [2.24, 2.45) is 0 Å². The van der Waals surface area contributed by atoms with Crippen LogP contribution in [0.4, 0.5) is 0 Å². The Bertz CT molecular complexity index is 400. The minimum atomic E-state index is -0.00968. The number of carbonyl (C=O) groups excluding carboxylic acids is 1. The molecule has 2 rings (SSSR count). The van der Waals surface area contributed by atoms with Crippen LogP contribution in [0.2, 0.25) is 0 Å². The van der Waals surface area contributed by atoms with Gasteiger partial charge in [0.05, 0.1) is 18.9 Å². The van der Waals surface area contributed by atoms with Gasteiger partial charge in [0.2, 0.25) is 0 Å². The van der Waals surface area contributed by atoms with Crippen LogP contribution < -0.4 is 0 Å². The van der Waals surface area contributed by atoms with Crippen LogP contribution in [0.3, 0.4) is 0 Å². The number of nitrogens with zero attached hydrogens (tertiary/aromatic N) is 2. The lowest BCUT2D eigenvalue weighted by Gasteiger charge is -2.31. The molecule has 0 aromatic carbocycles. The van der Waals surface area contributed by atoms with Crippen LogP contribution in [0, 0.1) is 6.92 Å². The van der Waals surface area contributed by atoms with Gasteiger partial charge in [0.25, 0.3) is 5.91 Å². The number of piperidine rings is 1. The molecule has 0 bridgehead atoms. The molecule has 0 saturated carbocycles. The number of alkyl halides is 1. The molecule has 0 atom stereocenters. The minimum Gasteiger partial charge on any atom is -0.377 e. The number of hydrogen-bond acceptors (Lipinski definition) is 4. The maximum absolute atomic E-state index is 12.2. The molecule has 0 N–H and O–H groups in total. The van der Waals surface area contributed by atoms with Gasteiger partial charge >= 0.3 is 0 Å². The number of amides is 1. The van der Waals surface area contributed by atoms with E-state index in [1.54, 1.807) is 6.92 Å². The van der Waals surface area contributed by atoms with E-state index in [0.29, 0.717) is 36.9 Å². The number of hydrogen-bond donors (Lipinski definition) is 0. The van der Waals surface area contributed by atoms with E-state index in [2.05, 4.69) is 5.16 Å². The molecule has 1 aromatic heterocycles. The summed E-state index contributed by atoms with van der Waals surface area (Å²) in [5.41, 5.74) is 0.551. The van der Waals surface area contributed by atoms with Crippen LogP contribution in [0.1, 0.15) is 29.0 Å². The lowest BCUT2D eigenvalue weighted by molar-refractivity contribution is 0.0153. The molecule has 6 heteroatoms. The van der Waals surface area contributed by atoms with Gasteiger partial charge in [0, 0.05) is 19.0 Å². The lowest BCUT2D eigenvalue weighted by Crippen LogP contribution is -2.41. The minimum absolute atomic E-state index is 0.00968. The second kappa shape index (κ2) is 6.20. The van der Waals surface area contributed by atoms with Crippen LogP contribution in [0.25, 0.3) is 0 Å². The van der Waals surface area contributed by atoms with Crippen LogP contribution >= 0.6 is 11.6 Å². The highest BCUT2D eigenvalue weighted by Crippen LogP contribution is 2.17. The van der Waals surface area contributed by atoms with E-state index in [4.69, 9.17) is 20.9 Å². The van der Waals surface area contributed by atoms with Crippen molar-refractivity contribution in [2.75, 3.05) is 25.6 Å². The molecule has 0 spiro atoms. The molecular weight excluding hydrogens is 256 g/mol. The van der Waals surface area contributed by atoms with E-state index >= 15 is 0 Å². The first-order valence-electron chi connectivity index (χ1n) is 6.10. The molecule has 0 aliphatic carbocycles. The van der Waals surface area contributed by atoms with Crippen molar-refractivity contribution in [1.82, 2.24) is 10.1 Å². The Balaban J connectivity index is 1.86. The Morgan fingerprint density at radius 1 is 1.61 bits per heavy atom. The summed E-state index contributed by atoms with van der Waals surface area (Å²) in [4.78, 5) is 14.0. The van der Waals surface area contributed by atoms with Gasteiger partial charge in [0.15, 0.2) is 0 Å². The third-order valence-electron chi connectivity index (χ3n) is 3.14. The van der Waals surface area contributed by atoms with Gasteiger partial charge in [0.1, 0.15) is 11.3 Å². The summed E-state index contributed by atoms with van der Waals surface area (Å²) in [5.74, 6) is 1.07. The van der Waals surface area contributed by atoms with Gasteiger partial charge in [-0.15, -0.1) is 11.6 Å². The predicted molar refractivity (Wildman–Crippen MR) is 66.8 cm³/mol. The molecule has 1 aromatic rings. The van der Waals surface area contributed by atoms with Crippen molar-refractivity contribution in [3.63, 3.8) is 0 Å². The van der Waals surface area contributed by atoms with Crippen LogP contribution in [-0.2, 0) is 4.74 Å². The summed E-state index contributed by atoms with van der Waals surface area (Å²) in [5, 5.41) is 3.63. The average Bonchev–Trinajstić information content (AvgIpc) is 2.82. The number of likely N-dealkylation sites (tertiary alicyclic amines) is 1. The van der Waals surface area contributed by atoms with Gasteiger partial charge in [-0.3, -0.25) is 4.79 Å². The zero-order valence-electron chi connectivity index (χ0n) is 10.4.